The monoisotopic (exact) mass is 337 g/mol. The highest BCUT2D eigenvalue weighted by Crippen LogP contribution is 2.44. The third-order valence-electron chi connectivity index (χ3n) is 4.78. The Kier molecular flexibility index (Phi) is 5.35. The number of hydrogen-bond acceptors (Lipinski definition) is 3. The lowest BCUT2D eigenvalue weighted by Crippen LogP contribution is -2.37. The fourth-order valence-corrected chi connectivity index (χ4v) is 3.56. The number of primary amides is 1. The largest absolute Gasteiger partial charge is 0.444 e. The summed E-state index contributed by atoms with van der Waals surface area (Å²) in [5, 5.41) is 0.700. The molecule has 0 aliphatic heterocycles. The van der Waals surface area contributed by atoms with E-state index in [0.29, 0.717) is 30.1 Å². The Labute approximate surface area is 142 Å². The molecule has 0 spiro atoms. The zero-order valence-electron chi connectivity index (χ0n) is 13.7. The van der Waals surface area contributed by atoms with Crippen LogP contribution in [0.25, 0.3) is 0 Å². The molecule has 23 heavy (non-hydrogen) atoms. The summed E-state index contributed by atoms with van der Waals surface area (Å²) >= 11 is 6.16. The first kappa shape index (κ1) is 17.8. The minimum Gasteiger partial charge on any atom is -0.444 e. The summed E-state index contributed by atoms with van der Waals surface area (Å²) in [7, 11) is 0. The van der Waals surface area contributed by atoms with Gasteiger partial charge in [-0.05, 0) is 62.6 Å². The second-order valence-electron chi connectivity index (χ2n) is 7.01. The maximum absolute atomic E-state index is 11.7. The molecule has 0 bridgehead atoms. The maximum atomic E-state index is 11.7. The molecule has 1 saturated carbocycles. The number of Topliss-reactive ketones (excluding diaryl/α,β-unsaturated/α-hetero) is 1. The summed E-state index contributed by atoms with van der Waals surface area (Å²) in [5.41, 5.74) is 5.58. The van der Waals surface area contributed by atoms with Gasteiger partial charge in [0.15, 0.2) is 0 Å². The van der Waals surface area contributed by atoms with Crippen LogP contribution in [0, 0.1) is 0 Å². The standard InChI is InChI=1S/C18H24ClNO3/c1-17(2,23-16(20)22)10-11-18(8-6-15(21)7-9-18)13-4-3-5-14(19)12-13/h3-5,12H,6-11H2,1-2H3,(H2,20,22). The highest BCUT2D eigenvalue weighted by Gasteiger charge is 2.38. The van der Waals surface area contributed by atoms with E-state index in [2.05, 4.69) is 6.07 Å². The van der Waals surface area contributed by atoms with Crippen molar-refractivity contribution < 1.29 is 14.3 Å². The molecule has 1 aromatic carbocycles. The first-order chi connectivity index (χ1) is 10.7. The second-order valence-corrected chi connectivity index (χ2v) is 7.45. The average Bonchev–Trinajstić information content (AvgIpc) is 2.46. The van der Waals surface area contributed by atoms with Crippen LogP contribution >= 0.6 is 11.6 Å². The van der Waals surface area contributed by atoms with E-state index < -0.39 is 11.7 Å². The van der Waals surface area contributed by atoms with Crippen LogP contribution in [-0.4, -0.2) is 17.5 Å². The molecule has 1 aliphatic carbocycles. The number of rotatable bonds is 5. The van der Waals surface area contributed by atoms with Crippen LogP contribution in [0.3, 0.4) is 0 Å². The molecule has 0 heterocycles. The lowest BCUT2D eigenvalue weighted by molar-refractivity contribution is -0.121. The van der Waals surface area contributed by atoms with Crippen molar-refractivity contribution in [2.24, 2.45) is 5.73 Å². The highest BCUT2D eigenvalue weighted by atomic mass is 35.5. The maximum Gasteiger partial charge on any atom is 0.405 e. The van der Waals surface area contributed by atoms with Crippen molar-refractivity contribution in [2.75, 3.05) is 0 Å². The number of benzene rings is 1. The van der Waals surface area contributed by atoms with Crippen LogP contribution in [-0.2, 0) is 14.9 Å². The van der Waals surface area contributed by atoms with Crippen molar-refractivity contribution in [3.05, 3.63) is 34.9 Å². The van der Waals surface area contributed by atoms with E-state index in [0.717, 1.165) is 24.8 Å². The number of carbonyl (C=O) groups is 2. The van der Waals surface area contributed by atoms with Crippen molar-refractivity contribution in [3.8, 4) is 0 Å². The number of halogens is 1. The first-order valence-electron chi connectivity index (χ1n) is 7.99. The Hall–Kier alpha value is -1.55. The predicted molar refractivity (Wildman–Crippen MR) is 90.6 cm³/mol. The van der Waals surface area contributed by atoms with Crippen LogP contribution in [0.1, 0.15) is 57.9 Å². The minimum absolute atomic E-state index is 0.100. The molecular formula is C18H24ClNO3. The Morgan fingerprint density at radius 1 is 1.35 bits per heavy atom. The first-order valence-corrected chi connectivity index (χ1v) is 8.36. The molecule has 0 aromatic heterocycles. The number of ether oxygens (including phenoxy) is 1. The van der Waals surface area contributed by atoms with Crippen LogP contribution < -0.4 is 5.73 Å². The van der Waals surface area contributed by atoms with E-state index in [1.54, 1.807) is 0 Å². The van der Waals surface area contributed by atoms with Gasteiger partial charge in [0, 0.05) is 17.9 Å². The van der Waals surface area contributed by atoms with E-state index in [1.165, 1.54) is 0 Å². The average molecular weight is 338 g/mol. The van der Waals surface area contributed by atoms with E-state index in [1.807, 2.05) is 32.0 Å². The fraction of sp³-hybridized carbons (Fsp3) is 0.556. The van der Waals surface area contributed by atoms with Gasteiger partial charge in [0.2, 0.25) is 0 Å². The Morgan fingerprint density at radius 2 is 2.00 bits per heavy atom. The molecule has 1 aromatic rings. The Morgan fingerprint density at radius 3 is 2.57 bits per heavy atom. The van der Waals surface area contributed by atoms with E-state index >= 15 is 0 Å². The molecule has 1 amide bonds. The van der Waals surface area contributed by atoms with Gasteiger partial charge in [0.25, 0.3) is 0 Å². The third kappa shape index (κ3) is 4.71. The number of amides is 1. The normalized spacial score (nSPS) is 17.8. The van der Waals surface area contributed by atoms with E-state index in [4.69, 9.17) is 22.1 Å². The molecule has 0 radical (unpaired) electrons. The summed E-state index contributed by atoms with van der Waals surface area (Å²) in [6.45, 7) is 3.72. The zero-order valence-corrected chi connectivity index (χ0v) is 14.5. The van der Waals surface area contributed by atoms with Gasteiger partial charge < -0.3 is 10.5 Å². The molecular weight excluding hydrogens is 314 g/mol. The number of hydrogen-bond donors (Lipinski definition) is 1. The fourth-order valence-electron chi connectivity index (χ4n) is 3.37. The molecule has 0 saturated heterocycles. The van der Waals surface area contributed by atoms with Gasteiger partial charge in [-0.2, -0.15) is 0 Å². The summed E-state index contributed by atoms with van der Waals surface area (Å²) in [6.07, 6.45) is 3.52. The summed E-state index contributed by atoms with van der Waals surface area (Å²) in [4.78, 5) is 22.7. The van der Waals surface area contributed by atoms with Gasteiger partial charge in [-0.1, -0.05) is 23.7 Å². The van der Waals surface area contributed by atoms with E-state index in [9.17, 15) is 9.59 Å². The van der Waals surface area contributed by atoms with Gasteiger partial charge >= 0.3 is 6.09 Å². The SMILES string of the molecule is CC(C)(CCC1(c2cccc(Cl)c2)CCC(=O)CC1)OC(N)=O. The topological polar surface area (TPSA) is 69.4 Å². The van der Waals surface area contributed by atoms with Gasteiger partial charge in [-0.25, -0.2) is 4.79 Å². The van der Waals surface area contributed by atoms with E-state index in [-0.39, 0.29) is 5.41 Å². The number of ketones is 1. The Bertz CT molecular complexity index is 588. The van der Waals surface area contributed by atoms with Crippen molar-refractivity contribution in [2.45, 2.75) is 63.4 Å². The van der Waals surface area contributed by atoms with Gasteiger partial charge in [-0.3, -0.25) is 4.79 Å². The van der Waals surface area contributed by atoms with Crippen LogP contribution in [0.2, 0.25) is 5.02 Å². The summed E-state index contributed by atoms with van der Waals surface area (Å²) in [6, 6.07) is 7.86. The molecule has 0 atom stereocenters. The summed E-state index contributed by atoms with van der Waals surface area (Å²) in [5.74, 6) is 0.315. The predicted octanol–water partition coefficient (Wildman–Crippen LogP) is 4.38. The molecule has 4 nitrogen and oxygen atoms in total. The van der Waals surface area contributed by atoms with Crippen molar-refractivity contribution >= 4 is 23.5 Å². The molecule has 0 unspecified atom stereocenters. The lowest BCUT2D eigenvalue weighted by Gasteiger charge is -2.39. The molecule has 1 aliphatic rings. The molecule has 5 heteroatoms. The molecule has 2 N–H and O–H groups in total. The third-order valence-corrected chi connectivity index (χ3v) is 5.02. The summed E-state index contributed by atoms with van der Waals surface area (Å²) < 4.78 is 5.20. The van der Waals surface area contributed by atoms with Crippen molar-refractivity contribution in [3.63, 3.8) is 0 Å². The minimum atomic E-state index is -0.759. The molecule has 2 rings (SSSR count). The van der Waals surface area contributed by atoms with Crippen LogP contribution in [0.4, 0.5) is 4.79 Å². The smallest absolute Gasteiger partial charge is 0.405 e. The van der Waals surface area contributed by atoms with Gasteiger partial charge in [0.05, 0.1) is 0 Å². The van der Waals surface area contributed by atoms with Gasteiger partial charge in [-0.15, -0.1) is 0 Å². The second kappa shape index (κ2) is 6.91. The molecule has 1 fully saturated rings. The number of carbonyl (C=O) groups excluding carboxylic acids is 2. The van der Waals surface area contributed by atoms with Crippen molar-refractivity contribution in [1.29, 1.82) is 0 Å². The van der Waals surface area contributed by atoms with Crippen molar-refractivity contribution in [1.82, 2.24) is 0 Å². The van der Waals surface area contributed by atoms with Gasteiger partial charge in [0.1, 0.15) is 11.4 Å². The lowest BCUT2D eigenvalue weighted by atomic mass is 9.65. The Balaban J connectivity index is 2.21. The zero-order chi connectivity index (χ0) is 17.1. The quantitative estimate of drug-likeness (QED) is 0.867. The number of nitrogens with two attached hydrogens (primary N) is 1. The van der Waals surface area contributed by atoms with Crippen LogP contribution in [0.15, 0.2) is 24.3 Å². The highest BCUT2D eigenvalue weighted by molar-refractivity contribution is 6.30. The molecule has 126 valence electrons. The van der Waals surface area contributed by atoms with Crippen LogP contribution in [0.5, 0.6) is 0 Å².